The number of anilines is 3. The van der Waals surface area contributed by atoms with Gasteiger partial charge in [-0.3, -0.25) is 9.59 Å². The van der Waals surface area contributed by atoms with Crippen molar-refractivity contribution in [2.24, 2.45) is 0 Å². The third-order valence-electron chi connectivity index (χ3n) is 6.32. The molecule has 0 aromatic heterocycles. The van der Waals surface area contributed by atoms with Gasteiger partial charge in [0.25, 0.3) is 0 Å². The molecule has 1 aliphatic rings. The number of carbonyl (C=O) groups is 2. The number of ketones is 2. The van der Waals surface area contributed by atoms with E-state index in [1.54, 1.807) is 36.0 Å². The molecule has 5 rings (SSSR count). The summed E-state index contributed by atoms with van der Waals surface area (Å²) in [6.45, 7) is 4.11. The van der Waals surface area contributed by atoms with Gasteiger partial charge in [0.1, 0.15) is 10.1 Å². The van der Waals surface area contributed by atoms with E-state index < -0.39 is 32.3 Å². The zero-order chi connectivity index (χ0) is 26.5. The maximum Gasteiger partial charge on any atom is 1.00 e. The van der Waals surface area contributed by atoms with Gasteiger partial charge in [-0.2, -0.15) is 0 Å². The Kier molecular flexibility index (Phi) is 7.90. The van der Waals surface area contributed by atoms with Crippen molar-refractivity contribution in [3.63, 3.8) is 0 Å². The SMILES string of the molecule is Cc1ccc(Sc2ccc(Nc3cc(S(=O)(=O)[O-])c(N)c4c3C(=O)c3ccccc3C4=O)cc2)cc1C.[Na+]. The molecule has 0 saturated heterocycles. The molecule has 0 fully saturated rings. The van der Waals surface area contributed by atoms with Crippen molar-refractivity contribution in [3.8, 4) is 0 Å². The number of hydrogen-bond donors (Lipinski definition) is 2. The van der Waals surface area contributed by atoms with Crippen molar-refractivity contribution in [1.82, 2.24) is 0 Å². The second-order valence-corrected chi connectivity index (χ2v) is 11.2. The second kappa shape index (κ2) is 10.7. The summed E-state index contributed by atoms with van der Waals surface area (Å²) in [6, 6.07) is 20.7. The van der Waals surface area contributed by atoms with E-state index >= 15 is 0 Å². The fourth-order valence-corrected chi connectivity index (χ4v) is 5.82. The zero-order valence-electron chi connectivity index (χ0n) is 20.9. The Morgan fingerprint density at radius 2 is 1.37 bits per heavy atom. The van der Waals surface area contributed by atoms with E-state index in [0.717, 1.165) is 15.9 Å². The molecule has 0 amide bonds. The number of fused-ring (bicyclic) bond motifs is 2. The third kappa shape index (κ3) is 5.18. The zero-order valence-corrected chi connectivity index (χ0v) is 24.5. The van der Waals surface area contributed by atoms with Crippen LogP contribution in [0.2, 0.25) is 0 Å². The van der Waals surface area contributed by atoms with Crippen LogP contribution in [-0.4, -0.2) is 24.5 Å². The van der Waals surface area contributed by atoms with Crippen molar-refractivity contribution in [3.05, 3.63) is 106 Å². The number of carbonyl (C=O) groups excluding carboxylic acids is 2. The van der Waals surface area contributed by atoms with Crippen LogP contribution >= 0.6 is 11.8 Å². The molecule has 4 aromatic carbocycles. The van der Waals surface area contributed by atoms with Crippen LogP contribution in [0.25, 0.3) is 0 Å². The van der Waals surface area contributed by atoms with E-state index in [0.29, 0.717) is 5.69 Å². The Hall–Kier alpha value is -2.92. The first-order chi connectivity index (χ1) is 17.5. The smallest absolute Gasteiger partial charge is 0.744 e. The topological polar surface area (TPSA) is 129 Å². The van der Waals surface area contributed by atoms with Crippen molar-refractivity contribution < 1.29 is 52.1 Å². The predicted octanol–water partition coefficient (Wildman–Crippen LogP) is 2.46. The summed E-state index contributed by atoms with van der Waals surface area (Å²) in [7, 11) is -5.03. The van der Waals surface area contributed by atoms with Gasteiger partial charge in [-0.25, -0.2) is 8.42 Å². The van der Waals surface area contributed by atoms with Gasteiger partial charge in [0.15, 0.2) is 11.6 Å². The van der Waals surface area contributed by atoms with Gasteiger partial charge >= 0.3 is 29.6 Å². The summed E-state index contributed by atoms with van der Waals surface area (Å²) < 4.78 is 35.9. The summed E-state index contributed by atoms with van der Waals surface area (Å²) in [5.74, 6) is -1.10. The first-order valence-corrected chi connectivity index (χ1v) is 13.5. The van der Waals surface area contributed by atoms with E-state index in [-0.39, 0.29) is 57.5 Å². The molecule has 7 nitrogen and oxygen atoms in total. The summed E-state index contributed by atoms with van der Waals surface area (Å²) in [5.41, 5.74) is 8.35. The van der Waals surface area contributed by atoms with Crippen molar-refractivity contribution in [2.45, 2.75) is 28.5 Å². The summed E-state index contributed by atoms with van der Waals surface area (Å²) >= 11 is 1.59. The molecule has 0 unspecified atom stereocenters. The minimum Gasteiger partial charge on any atom is -0.744 e. The maximum atomic E-state index is 13.4. The number of nitrogens with two attached hydrogens (primary N) is 1. The largest absolute Gasteiger partial charge is 1.00 e. The van der Waals surface area contributed by atoms with Gasteiger partial charge in [0, 0.05) is 26.6 Å². The van der Waals surface area contributed by atoms with Crippen molar-refractivity contribution >= 4 is 50.5 Å². The number of hydrogen-bond acceptors (Lipinski definition) is 8. The number of rotatable bonds is 5. The summed E-state index contributed by atoms with van der Waals surface area (Å²) in [5, 5.41) is 3.02. The van der Waals surface area contributed by atoms with Gasteiger partial charge in [0.05, 0.1) is 27.4 Å². The number of nitrogens with one attached hydrogen (secondary N) is 1. The minimum atomic E-state index is -5.03. The number of benzene rings is 4. The van der Waals surface area contributed by atoms with Crippen LogP contribution in [0.1, 0.15) is 43.0 Å². The van der Waals surface area contributed by atoms with Gasteiger partial charge in [-0.15, -0.1) is 0 Å². The Bertz CT molecular complexity index is 1720. The van der Waals surface area contributed by atoms with Crippen LogP contribution in [0.5, 0.6) is 0 Å². The Balaban J connectivity index is 0.00000336. The molecule has 3 N–H and O–H groups in total. The van der Waals surface area contributed by atoms with Crippen molar-refractivity contribution in [2.75, 3.05) is 11.1 Å². The van der Waals surface area contributed by atoms with E-state index in [1.807, 2.05) is 18.2 Å². The molecular formula is C28H21N2NaO5S2. The molecule has 38 heavy (non-hydrogen) atoms. The van der Waals surface area contributed by atoms with Gasteiger partial charge in [-0.1, -0.05) is 42.1 Å². The average molecular weight is 553 g/mol. The molecule has 0 atom stereocenters. The normalized spacial score (nSPS) is 12.4. The molecule has 186 valence electrons. The molecule has 10 heteroatoms. The fraction of sp³-hybridized carbons (Fsp3) is 0.0714. The fourth-order valence-electron chi connectivity index (χ4n) is 4.27. The Labute approximate surface area is 246 Å². The minimum absolute atomic E-state index is 0. The molecule has 0 bridgehead atoms. The molecular weight excluding hydrogens is 531 g/mol. The van der Waals surface area contributed by atoms with Crippen molar-refractivity contribution in [1.29, 1.82) is 0 Å². The van der Waals surface area contributed by atoms with Crippen LogP contribution < -0.4 is 40.6 Å². The van der Waals surface area contributed by atoms with Crippen LogP contribution in [-0.2, 0) is 10.1 Å². The first kappa shape index (κ1) is 28.1. The predicted molar refractivity (Wildman–Crippen MR) is 142 cm³/mol. The molecule has 0 heterocycles. The van der Waals surface area contributed by atoms with Gasteiger partial charge in [-0.05, 0) is 67.4 Å². The van der Waals surface area contributed by atoms with Crippen LogP contribution in [0, 0.1) is 13.8 Å². The van der Waals surface area contributed by atoms with Gasteiger partial charge < -0.3 is 15.6 Å². The second-order valence-electron chi connectivity index (χ2n) is 8.74. The van der Waals surface area contributed by atoms with E-state index in [1.165, 1.54) is 23.3 Å². The Morgan fingerprint density at radius 1 is 0.789 bits per heavy atom. The van der Waals surface area contributed by atoms with E-state index in [2.05, 4.69) is 31.3 Å². The Morgan fingerprint density at radius 3 is 1.95 bits per heavy atom. The summed E-state index contributed by atoms with van der Waals surface area (Å²) in [4.78, 5) is 28.0. The molecule has 0 radical (unpaired) electrons. The van der Waals surface area contributed by atoms with Crippen LogP contribution in [0.15, 0.2) is 87.5 Å². The van der Waals surface area contributed by atoms with Crippen LogP contribution in [0.4, 0.5) is 17.1 Å². The van der Waals surface area contributed by atoms with E-state index in [9.17, 15) is 22.6 Å². The average Bonchev–Trinajstić information content (AvgIpc) is 2.86. The monoisotopic (exact) mass is 552 g/mol. The number of aryl methyl sites for hydroxylation is 2. The van der Waals surface area contributed by atoms with Gasteiger partial charge in [0.2, 0.25) is 0 Å². The molecule has 0 saturated carbocycles. The van der Waals surface area contributed by atoms with Crippen LogP contribution in [0.3, 0.4) is 0 Å². The molecule has 1 aliphatic carbocycles. The number of nitrogen functional groups attached to an aromatic ring is 1. The van der Waals surface area contributed by atoms with E-state index in [4.69, 9.17) is 5.73 Å². The standard InChI is InChI=1S/C28H22N2O5S2.Na/c1-15-7-10-19(13-16(15)2)36-18-11-8-17(9-12-18)30-22-14-23(37(33,34)35)26(29)25-24(22)27(31)20-5-3-4-6-21(20)28(25)32;/h3-14,30H,29H2,1-2H3,(H,33,34,35);/q;+1/p-1. The summed E-state index contributed by atoms with van der Waals surface area (Å²) in [6.07, 6.45) is 0. The maximum absolute atomic E-state index is 13.4. The third-order valence-corrected chi connectivity index (χ3v) is 8.19. The first-order valence-electron chi connectivity index (χ1n) is 11.3. The quantitative estimate of drug-likeness (QED) is 0.193. The molecule has 0 spiro atoms. The molecule has 4 aromatic rings. The molecule has 0 aliphatic heterocycles.